The Hall–Kier alpha value is -2.33. The van der Waals surface area contributed by atoms with Crippen molar-refractivity contribution in [3.63, 3.8) is 0 Å². The number of carbonyl (C=O) groups is 2. The molecule has 0 radical (unpaired) electrons. The highest BCUT2D eigenvalue weighted by molar-refractivity contribution is 6.32. The third kappa shape index (κ3) is 4.36. The fourth-order valence-electron chi connectivity index (χ4n) is 2.29. The van der Waals surface area contributed by atoms with Gasteiger partial charge in [-0.3, -0.25) is 9.59 Å². The molecule has 1 atom stereocenters. The Bertz CT molecular complexity index is 763. The monoisotopic (exact) mass is 345 g/mol. The molecular formula is C19H20ClNO3. The molecule has 2 aromatic rings. The second-order valence-corrected chi connectivity index (χ2v) is 6.14. The van der Waals surface area contributed by atoms with Crippen LogP contribution in [0.3, 0.4) is 0 Å². The molecular weight excluding hydrogens is 326 g/mol. The van der Waals surface area contributed by atoms with Crippen LogP contribution in [0.25, 0.3) is 0 Å². The lowest BCUT2D eigenvalue weighted by Crippen LogP contribution is -2.30. The topological polar surface area (TPSA) is 55.4 Å². The van der Waals surface area contributed by atoms with Crippen LogP contribution in [-0.4, -0.2) is 17.8 Å². The molecule has 2 aromatic carbocycles. The van der Waals surface area contributed by atoms with Gasteiger partial charge < -0.3 is 10.1 Å². The highest BCUT2D eigenvalue weighted by atomic mass is 35.5. The highest BCUT2D eigenvalue weighted by Gasteiger charge is 2.16. The van der Waals surface area contributed by atoms with Crippen molar-refractivity contribution in [2.75, 3.05) is 5.32 Å². The van der Waals surface area contributed by atoms with E-state index in [9.17, 15) is 9.59 Å². The van der Waals surface area contributed by atoms with E-state index in [0.717, 1.165) is 11.1 Å². The van der Waals surface area contributed by atoms with E-state index >= 15 is 0 Å². The van der Waals surface area contributed by atoms with Gasteiger partial charge in [-0.1, -0.05) is 23.7 Å². The Balaban J connectivity index is 2.07. The second kappa shape index (κ2) is 7.49. The number of rotatable bonds is 5. The molecule has 2 rings (SSSR count). The first-order chi connectivity index (χ1) is 11.3. The fraction of sp³-hybridized carbons (Fsp3) is 0.263. The summed E-state index contributed by atoms with van der Waals surface area (Å²) < 4.78 is 5.71. The van der Waals surface area contributed by atoms with Crippen molar-refractivity contribution in [1.29, 1.82) is 0 Å². The Morgan fingerprint density at radius 1 is 1.12 bits per heavy atom. The van der Waals surface area contributed by atoms with Crippen LogP contribution in [0.15, 0.2) is 36.4 Å². The van der Waals surface area contributed by atoms with Gasteiger partial charge in [0, 0.05) is 16.3 Å². The fourth-order valence-corrected chi connectivity index (χ4v) is 2.40. The van der Waals surface area contributed by atoms with Gasteiger partial charge >= 0.3 is 0 Å². The minimum Gasteiger partial charge on any atom is -0.481 e. The number of amides is 1. The number of Topliss-reactive ketones (excluding diaryl/α,β-unsaturated/α-hetero) is 1. The second-order valence-electron chi connectivity index (χ2n) is 5.76. The SMILES string of the molecule is CC(=O)c1cccc(NC(=O)[C@H](C)Oc2cc(C)c(Cl)c(C)c2)c1. The van der Waals surface area contributed by atoms with E-state index in [1.54, 1.807) is 43.3 Å². The lowest BCUT2D eigenvalue weighted by atomic mass is 10.1. The van der Waals surface area contributed by atoms with E-state index in [1.165, 1.54) is 6.92 Å². The Morgan fingerprint density at radius 3 is 2.33 bits per heavy atom. The molecule has 5 heteroatoms. The average Bonchev–Trinajstić information content (AvgIpc) is 2.52. The number of hydrogen-bond acceptors (Lipinski definition) is 3. The van der Waals surface area contributed by atoms with E-state index in [2.05, 4.69) is 5.32 Å². The first-order valence-electron chi connectivity index (χ1n) is 7.63. The van der Waals surface area contributed by atoms with Gasteiger partial charge in [0.05, 0.1) is 0 Å². The van der Waals surface area contributed by atoms with Crippen LogP contribution in [0.1, 0.15) is 35.3 Å². The summed E-state index contributed by atoms with van der Waals surface area (Å²) in [7, 11) is 0. The van der Waals surface area contributed by atoms with Gasteiger partial charge in [0.1, 0.15) is 5.75 Å². The van der Waals surface area contributed by atoms with Crippen LogP contribution in [0.4, 0.5) is 5.69 Å². The van der Waals surface area contributed by atoms with Crippen molar-refractivity contribution in [1.82, 2.24) is 0 Å². The molecule has 0 heterocycles. The molecule has 1 amide bonds. The lowest BCUT2D eigenvalue weighted by molar-refractivity contribution is -0.122. The predicted molar refractivity (Wildman–Crippen MR) is 96.1 cm³/mol. The summed E-state index contributed by atoms with van der Waals surface area (Å²) >= 11 is 6.13. The van der Waals surface area contributed by atoms with Crippen molar-refractivity contribution >= 4 is 29.0 Å². The third-order valence-corrected chi connectivity index (χ3v) is 4.22. The van der Waals surface area contributed by atoms with Gasteiger partial charge in [-0.15, -0.1) is 0 Å². The summed E-state index contributed by atoms with van der Waals surface area (Å²) in [5.41, 5.74) is 2.90. The maximum atomic E-state index is 12.3. The Labute approximate surface area is 146 Å². The molecule has 0 saturated heterocycles. The van der Waals surface area contributed by atoms with Gasteiger partial charge in [-0.2, -0.15) is 0 Å². The summed E-state index contributed by atoms with van der Waals surface area (Å²) in [6.45, 7) is 6.93. The maximum Gasteiger partial charge on any atom is 0.265 e. The number of carbonyl (C=O) groups excluding carboxylic acids is 2. The van der Waals surface area contributed by atoms with Crippen LogP contribution >= 0.6 is 11.6 Å². The molecule has 0 aromatic heterocycles. The number of nitrogens with one attached hydrogen (secondary N) is 1. The zero-order chi connectivity index (χ0) is 17.9. The van der Waals surface area contributed by atoms with Crippen LogP contribution in [0, 0.1) is 13.8 Å². The molecule has 0 aliphatic carbocycles. The number of halogens is 1. The largest absolute Gasteiger partial charge is 0.481 e. The molecule has 0 spiro atoms. The lowest BCUT2D eigenvalue weighted by Gasteiger charge is -2.16. The number of ketones is 1. The van der Waals surface area contributed by atoms with E-state index in [4.69, 9.17) is 16.3 Å². The number of aryl methyl sites for hydroxylation is 2. The molecule has 1 N–H and O–H groups in total. The summed E-state index contributed by atoms with van der Waals surface area (Å²) in [6.07, 6.45) is -0.689. The molecule has 0 aliphatic rings. The standard InChI is InChI=1S/C19H20ClNO3/c1-11-8-17(9-12(2)18(11)20)24-14(4)19(23)21-16-7-5-6-15(10-16)13(3)22/h5-10,14H,1-4H3,(H,21,23)/t14-/m0/s1. The molecule has 0 bridgehead atoms. The summed E-state index contributed by atoms with van der Waals surface area (Å²) in [4.78, 5) is 23.7. The number of ether oxygens (including phenoxy) is 1. The number of anilines is 1. The van der Waals surface area contributed by atoms with E-state index in [0.29, 0.717) is 22.0 Å². The molecule has 0 aliphatic heterocycles. The van der Waals surface area contributed by atoms with Crippen LogP contribution in [0.5, 0.6) is 5.75 Å². The molecule has 4 nitrogen and oxygen atoms in total. The number of benzene rings is 2. The van der Waals surface area contributed by atoms with Gasteiger partial charge in [0.15, 0.2) is 11.9 Å². The zero-order valence-electron chi connectivity index (χ0n) is 14.1. The molecule has 0 unspecified atom stereocenters. The van der Waals surface area contributed by atoms with Crippen molar-refractivity contribution < 1.29 is 14.3 Å². The molecule has 0 fully saturated rings. The molecule has 0 saturated carbocycles. The van der Waals surface area contributed by atoms with Crippen molar-refractivity contribution in [3.8, 4) is 5.75 Å². The average molecular weight is 346 g/mol. The van der Waals surface area contributed by atoms with E-state index in [1.807, 2.05) is 13.8 Å². The van der Waals surface area contributed by atoms with Gasteiger partial charge in [-0.25, -0.2) is 0 Å². The third-order valence-electron chi connectivity index (χ3n) is 3.63. The van der Waals surface area contributed by atoms with Gasteiger partial charge in [-0.05, 0) is 63.1 Å². The van der Waals surface area contributed by atoms with Crippen LogP contribution in [-0.2, 0) is 4.79 Å². The summed E-state index contributed by atoms with van der Waals surface area (Å²) in [6, 6.07) is 10.4. The van der Waals surface area contributed by atoms with E-state index < -0.39 is 6.10 Å². The maximum absolute atomic E-state index is 12.3. The van der Waals surface area contributed by atoms with Crippen molar-refractivity contribution in [3.05, 3.63) is 58.1 Å². The number of hydrogen-bond donors (Lipinski definition) is 1. The summed E-state index contributed by atoms with van der Waals surface area (Å²) in [5.74, 6) is 0.248. The molecule has 126 valence electrons. The highest BCUT2D eigenvalue weighted by Crippen LogP contribution is 2.26. The Kier molecular flexibility index (Phi) is 5.62. The minimum atomic E-state index is -0.689. The first-order valence-corrected chi connectivity index (χ1v) is 8.01. The van der Waals surface area contributed by atoms with Crippen LogP contribution in [0.2, 0.25) is 5.02 Å². The predicted octanol–water partition coefficient (Wildman–Crippen LogP) is 4.57. The van der Waals surface area contributed by atoms with Crippen molar-refractivity contribution in [2.24, 2.45) is 0 Å². The minimum absolute atomic E-state index is 0.0532. The smallest absolute Gasteiger partial charge is 0.265 e. The zero-order valence-corrected chi connectivity index (χ0v) is 14.9. The van der Waals surface area contributed by atoms with Crippen LogP contribution < -0.4 is 10.1 Å². The van der Waals surface area contributed by atoms with Crippen molar-refractivity contribution in [2.45, 2.75) is 33.8 Å². The Morgan fingerprint density at radius 2 is 1.75 bits per heavy atom. The van der Waals surface area contributed by atoms with Gasteiger partial charge in [0.25, 0.3) is 5.91 Å². The first kappa shape index (κ1) is 18.0. The summed E-state index contributed by atoms with van der Waals surface area (Å²) in [5, 5.41) is 3.45. The normalized spacial score (nSPS) is 11.7. The van der Waals surface area contributed by atoms with Gasteiger partial charge in [0.2, 0.25) is 0 Å². The molecule has 24 heavy (non-hydrogen) atoms. The quantitative estimate of drug-likeness (QED) is 0.808. The van der Waals surface area contributed by atoms with E-state index in [-0.39, 0.29) is 11.7 Å².